The number of rotatable bonds is 7. The molecule has 1 heterocycles. The molecule has 0 bridgehead atoms. The van der Waals surface area contributed by atoms with E-state index in [1.54, 1.807) is 7.11 Å². The Labute approximate surface area is 159 Å². The normalized spacial score (nSPS) is 14.8. The van der Waals surface area contributed by atoms with Crippen LogP contribution in [0.2, 0.25) is 0 Å². The van der Waals surface area contributed by atoms with Gasteiger partial charge < -0.3 is 19.9 Å². The molecule has 0 atom stereocenters. The summed E-state index contributed by atoms with van der Waals surface area (Å²) in [7, 11) is 1.65. The molecule has 0 spiro atoms. The molecule has 0 unspecified atom stereocenters. The molecule has 0 aliphatic carbocycles. The molecule has 1 aliphatic heterocycles. The van der Waals surface area contributed by atoms with Gasteiger partial charge in [-0.3, -0.25) is 4.79 Å². The van der Waals surface area contributed by atoms with Crippen LogP contribution in [0.3, 0.4) is 0 Å². The molecule has 27 heavy (non-hydrogen) atoms. The van der Waals surface area contributed by atoms with Gasteiger partial charge in [-0.15, -0.1) is 0 Å². The van der Waals surface area contributed by atoms with E-state index in [0.717, 1.165) is 44.0 Å². The third kappa shape index (κ3) is 5.69. The van der Waals surface area contributed by atoms with E-state index in [1.165, 1.54) is 22.6 Å². The molecule has 6 heteroatoms. The predicted molar refractivity (Wildman–Crippen MR) is 104 cm³/mol. The van der Waals surface area contributed by atoms with Gasteiger partial charge in [0.1, 0.15) is 11.6 Å². The standard InChI is InChI=1S/C21H26FN3O2/c1-27-20-8-2-17(3-9-20)10-11-23-21(26)16-24-12-14-25(15-13-24)19-6-4-18(22)5-7-19/h2-9H,10-16H2,1H3,(H,23,26)/p+1. The molecule has 2 aromatic carbocycles. The topological polar surface area (TPSA) is 46.0 Å². The zero-order chi connectivity index (χ0) is 19.1. The Kier molecular flexibility index (Phi) is 6.65. The molecule has 0 saturated carbocycles. The number of benzene rings is 2. The summed E-state index contributed by atoms with van der Waals surface area (Å²) >= 11 is 0. The number of nitrogens with one attached hydrogen (secondary N) is 2. The van der Waals surface area contributed by atoms with Crippen molar-refractivity contribution in [2.24, 2.45) is 0 Å². The van der Waals surface area contributed by atoms with Crippen LogP contribution in [0, 0.1) is 5.82 Å². The fourth-order valence-corrected chi connectivity index (χ4v) is 3.34. The van der Waals surface area contributed by atoms with Gasteiger partial charge in [-0.2, -0.15) is 0 Å². The third-order valence-electron chi connectivity index (χ3n) is 4.97. The number of piperazine rings is 1. The number of quaternary nitrogens is 1. The van der Waals surface area contributed by atoms with Gasteiger partial charge in [0.05, 0.1) is 33.3 Å². The first-order valence-electron chi connectivity index (χ1n) is 9.38. The fourth-order valence-electron chi connectivity index (χ4n) is 3.34. The van der Waals surface area contributed by atoms with E-state index in [9.17, 15) is 9.18 Å². The van der Waals surface area contributed by atoms with Crippen LogP contribution in [0.15, 0.2) is 48.5 Å². The van der Waals surface area contributed by atoms with Crippen molar-refractivity contribution in [1.29, 1.82) is 0 Å². The maximum Gasteiger partial charge on any atom is 0.275 e. The number of anilines is 1. The Bertz CT molecular complexity index is 726. The fraction of sp³-hybridized carbons (Fsp3) is 0.381. The van der Waals surface area contributed by atoms with Gasteiger partial charge in [-0.25, -0.2) is 4.39 Å². The van der Waals surface area contributed by atoms with Crippen LogP contribution in [0.1, 0.15) is 5.56 Å². The van der Waals surface area contributed by atoms with E-state index in [4.69, 9.17) is 4.74 Å². The van der Waals surface area contributed by atoms with Crippen molar-refractivity contribution >= 4 is 11.6 Å². The monoisotopic (exact) mass is 372 g/mol. The highest BCUT2D eigenvalue weighted by atomic mass is 19.1. The zero-order valence-corrected chi connectivity index (χ0v) is 15.7. The highest BCUT2D eigenvalue weighted by Crippen LogP contribution is 2.14. The molecule has 1 amide bonds. The predicted octanol–water partition coefficient (Wildman–Crippen LogP) is 0.898. The van der Waals surface area contributed by atoms with Gasteiger partial charge in [0, 0.05) is 12.2 Å². The van der Waals surface area contributed by atoms with E-state index in [0.29, 0.717) is 13.1 Å². The van der Waals surface area contributed by atoms with Crippen LogP contribution in [-0.4, -0.2) is 52.3 Å². The van der Waals surface area contributed by atoms with E-state index >= 15 is 0 Å². The van der Waals surface area contributed by atoms with Crippen molar-refractivity contribution in [3.8, 4) is 5.75 Å². The van der Waals surface area contributed by atoms with Crippen molar-refractivity contribution in [2.45, 2.75) is 6.42 Å². The Hall–Kier alpha value is -2.60. The number of amides is 1. The summed E-state index contributed by atoms with van der Waals surface area (Å²) in [5.74, 6) is 0.717. The third-order valence-corrected chi connectivity index (χ3v) is 4.97. The number of carbonyl (C=O) groups excluding carboxylic acids is 1. The van der Waals surface area contributed by atoms with Crippen LogP contribution in [-0.2, 0) is 11.2 Å². The molecule has 5 nitrogen and oxygen atoms in total. The molecule has 1 aliphatic rings. The number of halogens is 1. The van der Waals surface area contributed by atoms with Crippen LogP contribution >= 0.6 is 0 Å². The number of methoxy groups -OCH3 is 1. The molecular weight excluding hydrogens is 345 g/mol. The molecular formula is C21H27FN3O2+. The molecule has 3 rings (SSSR count). The SMILES string of the molecule is COc1ccc(CCNC(=O)C[NH+]2CCN(c3ccc(F)cc3)CC2)cc1. The highest BCUT2D eigenvalue weighted by molar-refractivity contribution is 5.76. The highest BCUT2D eigenvalue weighted by Gasteiger charge is 2.22. The van der Waals surface area contributed by atoms with Crippen LogP contribution in [0.25, 0.3) is 0 Å². The average Bonchev–Trinajstić information content (AvgIpc) is 2.70. The quantitative estimate of drug-likeness (QED) is 0.759. The minimum atomic E-state index is -0.214. The molecule has 144 valence electrons. The lowest BCUT2D eigenvalue weighted by atomic mass is 10.1. The molecule has 0 aromatic heterocycles. The molecule has 0 radical (unpaired) electrons. The Balaban J connectivity index is 1.35. The summed E-state index contributed by atoms with van der Waals surface area (Å²) in [5.41, 5.74) is 2.22. The van der Waals surface area contributed by atoms with Crippen molar-refractivity contribution in [2.75, 3.05) is 51.3 Å². The number of carbonyl (C=O) groups is 1. The Morgan fingerprint density at radius 2 is 1.78 bits per heavy atom. The summed E-state index contributed by atoms with van der Waals surface area (Å²) in [6.07, 6.45) is 0.809. The van der Waals surface area contributed by atoms with Gasteiger partial charge in [0.25, 0.3) is 5.91 Å². The van der Waals surface area contributed by atoms with E-state index in [-0.39, 0.29) is 11.7 Å². The van der Waals surface area contributed by atoms with Crippen molar-refractivity contribution in [3.63, 3.8) is 0 Å². The van der Waals surface area contributed by atoms with Gasteiger partial charge in [0.15, 0.2) is 6.54 Å². The second-order valence-corrected chi connectivity index (χ2v) is 6.84. The van der Waals surface area contributed by atoms with E-state index in [2.05, 4.69) is 10.2 Å². The maximum absolute atomic E-state index is 13.0. The average molecular weight is 372 g/mol. The van der Waals surface area contributed by atoms with Gasteiger partial charge in [0.2, 0.25) is 0 Å². The Morgan fingerprint density at radius 3 is 2.41 bits per heavy atom. The van der Waals surface area contributed by atoms with Crippen LogP contribution in [0.4, 0.5) is 10.1 Å². The largest absolute Gasteiger partial charge is 0.497 e. The second-order valence-electron chi connectivity index (χ2n) is 6.84. The summed E-state index contributed by atoms with van der Waals surface area (Å²) < 4.78 is 18.2. The summed E-state index contributed by atoms with van der Waals surface area (Å²) in [6, 6.07) is 14.5. The number of nitrogens with zero attached hydrogens (tertiary/aromatic N) is 1. The van der Waals surface area contributed by atoms with Gasteiger partial charge in [-0.1, -0.05) is 12.1 Å². The molecule has 2 N–H and O–H groups in total. The molecule has 1 saturated heterocycles. The van der Waals surface area contributed by atoms with Crippen LogP contribution in [0.5, 0.6) is 5.75 Å². The van der Waals surface area contributed by atoms with Crippen molar-refractivity contribution < 1.29 is 18.8 Å². The molecule has 2 aromatic rings. The maximum atomic E-state index is 13.0. The number of hydrogen-bond donors (Lipinski definition) is 2. The first-order chi connectivity index (χ1) is 13.1. The molecule has 1 fully saturated rings. The lowest BCUT2D eigenvalue weighted by molar-refractivity contribution is -0.892. The van der Waals surface area contributed by atoms with Gasteiger partial charge in [-0.05, 0) is 48.4 Å². The first-order valence-corrected chi connectivity index (χ1v) is 9.38. The minimum Gasteiger partial charge on any atom is -0.497 e. The second kappa shape index (κ2) is 9.37. The van der Waals surface area contributed by atoms with Gasteiger partial charge >= 0.3 is 0 Å². The number of hydrogen-bond acceptors (Lipinski definition) is 3. The van der Waals surface area contributed by atoms with E-state index < -0.39 is 0 Å². The minimum absolute atomic E-state index is 0.0914. The summed E-state index contributed by atoms with van der Waals surface area (Å²) in [6.45, 7) is 4.70. The lowest BCUT2D eigenvalue weighted by Gasteiger charge is -2.33. The van der Waals surface area contributed by atoms with Crippen molar-refractivity contribution in [1.82, 2.24) is 5.32 Å². The number of ether oxygens (including phenoxy) is 1. The summed E-state index contributed by atoms with van der Waals surface area (Å²) in [4.78, 5) is 15.7. The smallest absolute Gasteiger partial charge is 0.275 e. The van der Waals surface area contributed by atoms with E-state index in [1.807, 2.05) is 36.4 Å². The van der Waals surface area contributed by atoms with Crippen LogP contribution < -0.4 is 19.9 Å². The zero-order valence-electron chi connectivity index (χ0n) is 15.7. The Morgan fingerprint density at radius 1 is 1.11 bits per heavy atom. The first kappa shape index (κ1) is 19.2. The van der Waals surface area contributed by atoms with Crippen molar-refractivity contribution in [3.05, 3.63) is 59.9 Å². The summed E-state index contributed by atoms with van der Waals surface area (Å²) in [5, 5.41) is 3.01. The lowest BCUT2D eigenvalue weighted by Crippen LogP contribution is -3.16.